The predicted octanol–water partition coefficient (Wildman–Crippen LogP) is 3.48. The molecule has 0 aromatic heterocycles. The first-order valence-electron chi connectivity index (χ1n) is 8.83. The predicted molar refractivity (Wildman–Crippen MR) is 100 cm³/mol. The van der Waals surface area contributed by atoms with E-state index in [9.17, 15) is 4.79 Å². The molecule has 2 unspecified atom stereocenters. The second kappa shape index (κ2) is 7.24. The lowest BCUT2D eigenvalue weighted by Gasteiger charge is -2.45. The van der Waals surface area contributed by atoms with Crippen molar-refractivity contribution >= 4 is 23.5 Å². The van der Waals surface area contributed by atoms with Gasteiger partial charge in [0.1, 0.15) is 5.75 Å². The molecule has 1 aliphatic carbocycles. The van der Waals surface area contributed by atoms with Gasteiger partial charge in [-0.25, -0.2) is 0 Å². The van der Waals surface area contributed by atoms with Gasteiger partial charge in [0.05, 0.1) is 13.5 Å². The van der Waals surface area contributed by atoms with Crippen molar-refractivity contribution in [2.24, 2.45) is 10.9 Å². The largest absolute Gasteiger partial charge is 0.497 e. The molecule has 5 nitrogen and oxygen atoms in total. The number of ether oxygens (including phenoxy) is 1. The van der Waals surface area contributed by atoms with Gasteiger partial charge >= 0.3 is 0 Å². The lowest BCUT2D eigenvalue weighted by Crippen LogP contribution is -2.63. The molecule has 136 valence electrons. The molecule has 1 saturated carbocycles. The van der Waals surface area contributed by atoms with Crippen molar-refractivity contribution in [3.05, 3.63) is 28.8 Å². The molecular weight excluding hydrogens is 338 g/mol. The van der Waals surface area contributed by atoms with Gasteiger partial charge in [0.2, 0.25) is 5.91 Å². The van der Waals surface area contributed by atoms with Gasteiger partial charge in [0, 0.05) is 17.6 Å². The van der Waals surface area contributed by atoms with Crippen molar-refractivity contribution in [1.29, 1.82) is 0 Å². The van der Waals surface area contributed by atoms with Gasteiger partial charge < -0.3 is 10.1 Å². The number of guanidine groups is 1. The van der Waals surface area contributed by atoms with Gasteiger partial charge in [-0.15, -0.1) is 0 Å². The maximum atomic E-state index is 12.1. The van der Waals surface area contributed by atoms with Crippen LogP contribution in [0.15, 0.2) is 23.2 Å². The van der Waals surface area contributed by atoms with Crippen LogP contribution >= 0.6 is 11.6 Å². The van der Waals surface area contributed by atoms with E-state index in [4.69, 9.17) is 16.3 Å². The molecule has 1 amide bonds. The van der Waals surface area contributed by atoms with Gasteiger partial charge in [-0.3, -0.25) is 15.1 Å². The van der Waals surface area contributed by atoms with Crippen LogP contribution in [-0.2, 0) is 4.79 Å². The van der Waals surface area contributed by atoms with Crippen LogP contribution in [-0.4, -0.2) is 31.6 Å². The monoisotopic (exact) mass is 363 g/mol. The molecule has 1 heterocycles. The molecule has 2 N–H and O–H groups in total. The van der Waals surface area contributed by atoms with E-state index in [1.165, 1.54) is 0 Å². The van der Waals surface area contributed by atoms with Crippen LogP contribution in [0.4, 0.5) is 0 Å². The molecule has 2 fully saturated rings. The highest BCUT2D eigenvalue weighted by molar-refractivity contribution is 6.31. The highest BCUT2D eigenvalue weighted by atomic mass is 35.5. The first-order chi connectivity index (χ1) is 11.9. The normalized spacial score (nSPS) is 31.4. The Morgan fingerprint density at radius 3 is 2.88 bits per heavy atom. The minimum atomic E-state index is -0.277. The van der Waals surface area contributed by atoms with E-state index >= 15 is 0 Å². The molecule has 25 heavy (non-hydrogen) atoms. The fraction of sp³-hybridized carbons (Fsp3) is 0.579. The number of hydrogen-bond donors (Lipinski definition) is 2. The molecule has 6 heteroatoms. The van der Waals surface area contributed by atoms with Crippen molar-refractivity contribution in [1.82, 2.24) is 10.6 Å². The average molecular weight is 364 g/mol. The maximum absolute atomic E-state index is 12.1. The van der Waals surface area contributed by atoms with E-state index < -0.39 is 0 Å². The van der Waals surface area contributed by atoms with Crippen molar-refractivity contribution < 1.29 is 9.53 Å². The summed E-state index contributed by atoms with van der Waals surface area (Å²) in [6.45, 7) is 2.14. The van der Waals surface area contributed by atoms with E-state index in [-0.39, 0.29) is 11.4 Å². The Hall–Kier alpha value is -1.75. The zero-order chi connectivity index (χ0) is 18.0. The number of rotatable bonds is 3. The number of hydrogen-bond acceptors (Lipinski definition) is 3. The number of nitrogens with zero attached hydrogens (tertiary/aromatic N) is 1. The average Bonchev–Trinajstić information content (AvgIpc) is 2.61. The summed E-state index contributed by atoms with van der Waals surface area (Å²) in [7, 11) is 3.36. The summed E-state index contributed by atoms with van der Waals surface area (Å²) in [5, 5.41) is 7.03. The number of carbonyl (C=O) groups excluding carboxylic acids is 1. The lowest BCUT2D eigenvalue weighted by atomic mass is 9.68. The Bertz CT molecular complexity index is 691. The molecule has 2 aliphatic rings. The fourth-order valence-corrected chi connectivity index (χ4v) is 4.50. The van der Waals surface area contributed by atoms with Crippen molar-refractivity contribution in [2.75, 3.05) is 14.2 Å². The number of nitrogens with one attached hydrogen (secondary N) is 2. The SMILES string of the molecule is C/N=C1/NC(=O)C[C@@](C)(C2CCCC(c3cc(OC)ccc3Cl)C2)N1. The number of halogens is 1. The second-order valence-electron chi connectivity index (χ2n) is 7.29. The van der Waals surface area contributed by atoms with Gasteiger partial charge in [-0.1, -0.05) is 18.0 Å². The maximum Gasteiger partial charge on any atom is 0.229 e. The summed E-state index contributed by atoms with van der Waals surface area (Å²) in [5.74, 6) is 2.20. The quantitative estimate of drug-likeness (QED) is 0.864. The topological polar surface area (TPSA) is 62.7 Å². The standard InChI is InChI=1S/C19H26ClN3O2/c1-19(11-17(24)22-18(21-2)23-19)13-6-4-5-12(9-13)15-10-14(25-3)7-8-16(15)20/h7-8,10,12-13H,4-6,9,11H2,1-3H3,(H2,21,22,23,24)/t12?,13?,19-/m0/s1. The van der Waals surface area contributed by atoms with Crippen LogP contribution in [0.1, 0.15) is 50.5 Å². The van der Waals surface area contributed by atoms with Crippen LogP contribution in [0.2, 0.25) is 5.02 Å². The van der Waals surface area contributed by atoms with Crippen LogP contribution < -0.4 is 15.4 Å². The molecule has 0 spiro atoms. The zero-order valence-electron chi connectivity index (χ0n) is 15.1. The highest BCUT2D eigenvalue weighted by Crippen LogP contribution is 2.44. The van der Waals surface area contributed by atoms with Gasteiger partial charge in [0.15, 0.2) is 5.96 Å². The second-order valence-corrected chi connectivity index (χ2v) is 7.69. The van der Waals surface area contributed by atoms with Crippen LogP contribution in [0, 0.1) is 5.92 Å². The number of amides is 1. The van der Waals surface area contributed by atoms with E-state index in [0.29, 0.717) is 24.2 Å². The number of benzene rings is 1. The molecule has 1 aliphatic heterocycles. The van der Waals surface area contributed by atoms with Crippen molar-refractivity contribution in [2.45, 2.75) is 50.5 Å². The summed E-state index contributed by atoms with van der Waals surface area (Å²) >= 11 is 6.47. The first kappa shape index (κ1) is 18.1. The Morgan fingerprint density at radius 2 is 2.16 bits per heavy atom. The molecule has 1 saturated heterocycles. The minimum absolute atomic E-state index is 0.0309. The van der Waals surface area contributed by atoms with Crippen molar-refractivity contribution in [3.63, 3.8) is 0 Å². The van der Waals surface area contributed by atoms with E-state index in [1.807, 2.05) is 12.1 Å². The summed E-state index contributed by atoms with van der Waals surface area (Å²) in [6.07, 6.45) is 4.81. The van der Waals surface area contributed by atoms with Crippen LogP contribution in [0.5, 0.6) is 5.75 Å². The van der Waals surface area contributed by atoms with Gasteiger partial charge in [-0.05, 0) is 61.8 Å². The molecule has 0 bridgehead atoms. The van der Waals surface area contributed by atoms with Crippen LogP contribution in [0.3, 0.4) is 0 Å². The van der Waals surface area contributed by atoms with E-state index in [2.05, 4.69) is 28.6 Å². The fourth-order valence-electron chi connectivity index (χ4n) is 4.23. The number of aliphatic imine (C=N–C) groups is 1. The molecular formula is C19H26ClN3O2. The molecule has 3 rings (SSSR count). The summed E-state index contributed by atoms with van der Waals surface area (Å²) < 4.78 is 5.37. The third-order valence-corrected chi connectivity index (χ3v) is 5.98. The first-order valence-corrected chi connectivity index (χ1v) is 9.21. The Labute approximate surface area is 154 Å². The number of carbonyl (C=O) groups is 1. The van der Waals surface area contributed by atoms with Gasteiger partial charge in [-0.2, -0.15) is 0 Å². The lowest BCUT2D eigenvalue weighted by molar-refractivity contribution is -0.122. The van der Waals surface area contributed by atoms with E-state index in [0.717, 1.165) is 42.0 Å². The van der Waals surface area contributed by atoms with Crippen molar-refractivity contribution in [3.8, 4) is 5.75 Å². The summed E-state index contributed by atoms with van der Waals surface area (Å²) in [4.78, 5) is 16.2. The van der Waals surface area contributed by atoms with Gasteiger partial charge in [0.25, 0.3) is 0 Å². The van der Waals surface area contributed by atoms with Crippen LogP contribution in [0.25, 0.3) is 0 Å². The highest BCUT2D eigenvalue weighted by Gasteiger charge is 2.42. The zero-order valence-corrected chi connectivity index (χ0v) is 15.8. The molecule has 1 aromatic carbocycles. The third-order valence-electron chi connectivity index (χ3n) is 5.63. The minimum Gasteiger partial charge on any atom is -0.497 e. The summed E-state index contributed by atoms with van der Waals surface area (Å²) in [5.41, 5.74) is 0.875. The smallest absolute Gasteiger partial charge is 0.229 e. The molecule has 0 radical (unpaired) electrons. The molecule has 1 aromatic rings. The Balaban J connectivity index is 1.82. The summed E-state index contributed by atoms with van der Waals surface area (Å²) in [6, 6.07) is 5.86. The number of methoxy groups -OCH3 is 1. The molecule has 3 atom stereocenters. The Morgan fingerprint density at radius 1 is 1.36 bits per heavy atom. The Kier molecular flexibility index (Phi) is 5.23. The third kappa shape index (κ3) is 3.76. The van der Waals surface area contributed by atoms with E-state index in [1.54, 1.807) is 14.2 Å².